The van der Waals surface area contributed by atoms with Gasteiger partial charge in [-0.1, -0.05) is 53.8 Å². The minimum absolute atomic E-state index is 0.272. The molecule has 0 fully saturated rings. The lowest BCUT2D eigenvalue weighted by Crippen LogP contribution is -1.96. The van der Waals surface area contributed by atoms with E-state index >= 15 is 0 Å². The zero-order valence-corrected chi connectivity index (χ0v) is 14.9. The monoisotopic (exact) mass is 370 g/mol. The molecule has 0 radical (unpaired) electrons. The van der Waals surface area contributed by atoms with Gasteiger partial charge in [-0.15, -0.1) is 10.2 Å². The maximum Gasteiger partial charge on any atom is 0.235 e. The minimum Gasteiger partial charge on any atom is -0.206 e. The summed E-state index contributed by atoms with van der Waals surface area (Å²) in [6, 6.07) is 17.1. The Morgan fingerprint density at radius 3 is 2.64 bits per heavy atom. The molecule has 4 aromatic rings. The van der Waals surface area contributed by atoms with Crippen molar-refractivity contribution in [1.29, 1.82) is 0 Å². The molecule has 0 bridgehead atoms. The lowest BCUT2D eigenvalue weighted by Gasteiger charge is -2.00. The zero-order valence-electron chi connectivity index (χ0n) is 13.3. The minimum atomic E-state index is -0.272. The maximum atomic E-state index is 13.9. The maximum absolute atomic E-state index is 13.9. The molecule has 2 aromatic heterocycles. The van der Waals surface area contributed by atoms with Gasteiger partial charge in [-0.05, 0) is 29.9 Å². The first-order chi connectivity index (χ1) is 12.3. The SMILES string of the molecule is Fc1ccccc1-c1nn2c(CSCCc3ccccc3)nnc2s1. The van der Waals surface area contributed by atoms with E-state index in [2.05, 4.69) is 39.6 Å². The van der Waals surface area contributed by atoms with E-state index in [-0.39, 0.29) is 5.82 Å². The summed E-state index contributed by atoms with van der Waals surface area (Å²) < 4.78 is 15.7. The average molecular weight is 370 g/mol. The number of thioether (sulfide) groups is 1. The van der Waals surface area contributed by atoms with E-state index in [9.17, 15) is 4.39 Å². The van der Waals surface area contributed by atoms with Gasteiger partial charge in [0.1, 0.15) is 5.82 Å². The summed E-state index contributed by atoms with van der Waals surface area (Å²) in [4.78, 5) is 0.692. The molecule has 126 valence electrons. The lowest BCUT2D eigenvalue weighted by molar-refractivity contribution is 0.630. The summed E-state index contributed by atoms with van der Waals surface area (Å²) in [6.07, 6.45) is 1.02. The van der Waals surface area contributed by atoms with Crippen LogP contribution in [-0.4, -0.2) is 25.6 Å². The quantitative estimate of drug-likeness (QED) is 0.470. The summed E-state index contributed by atoms with van der Waals surface area (Å²) in [5, 5.41) is 13.5. The van der Waals surface area contributed by atoms with Crippen molar-refractivity contribution in [3.05, 3.63) is 71.8 Å². The molecule has 0 aliphatic rings. The van der Waals surface area contributed by atoms with Crippen molar-refractivity contribution in [3.8, 4) is 10.6 Å². The van der Waals surface area contributed by atoms with Crippen molar-refractivity contribution in [2.45, 2.75) is 12.2 Å². The Hall–Kier alpha value is -2.25. The predicted molar refractivity (Wildman–Crippen MR) is 100 cm³/mol. The molecule has 0 atom stereocenters. The fourth-order valence-electron chi connectivity index (χ4n) is 2.49. The summed E-state index contributed by atoms with van der Waals surface area (Å²) in [5.74, 6) is 2.26. The highest BCUT2D eigenvalue weighted by Gasteiger charge is 2.15. The zero-order chi connectivity index (χ0) is 17.1. The molecule has 4 nitrogen and oxygen atoms in total. The van der Waals surface area contributed by atoms with Gasteiger partial charge in [-0.3, -0.25) is 0 Å². The van der Waals surface area contributed by atoms with Crippen molar-refractivity contribution in [1.82, 2.24) is 19.8 Å². The molecule has 2 aromatic carbocycles. The van der Waals surface area contributed by atoms with Gasteiger partial charge in [0, 0.05) is 5.56 Å². The summed E-state index contributed by atoms with van der Waals surface area (Å²) in [7, 11) is 0. The second-order valence-corrected chi connectivity index (χ2v) is 7.55. The Labute approximate surface area is 152 Å². The number of benzene rings is 2. The Bertz CT molecular complexity index is 981. The fourth-order valence-corrected chi connectivity index (χ4v) is 4.26. The number of aromatic nitrogens is 4. The van der Waals surface area contributed by atoms with E-state index in [1.54, 1.807) is 34.5 Å². The molecule has 0 aliphatic heterocycles. The van der Waals surface area contributed by atoms with Crippen LogP contribution in [0.15, 0.2) is 54.6 Å². The third kappa shape index (κ3) is 3.57. The standard InChI is InChI=1S/C18H15FN4S2/c19-15-9-5-4-8-14(15)17-22-23-16(20-21-18(23)25-17)12-24-11-10-13-6-2-1-3-7-13/h1-9H,10-12H2. The van der Waals surface area contributed by atoms with Gasteiger partial charge in [-0.25, -0.2) is 4.39 Å². The molecule has 0 N–H and O–H groups in total. The van der Waals surface area contributed by atoms with Crippen LogP contribution in [0.5, 0.6) is 0 Å². The third-order valence-electron chi connectivity index (χ3n) is 3.77. The van der Waals surface area contributed by atoms with Gasteiger partial charge in [-0.2, -0.15) is 21.4 Å². The molecule has 0 spiro atoms. The van der Waals surface area contributed by atoms with E-state index in [0.717, 1.165) is 23.8 Å². The molecule has 0 saturated carbocycles. The summed E-state index contributed by atoms with van der Waals surface area (Å²) in [6.45, 7) is 0. The first-order valence-electron chi connectivity index (χ1n) is 7.89. The molecule has 0 unspecified atom stereocenters. The van der Waals surface area contributed by atoms with Gasteiger partial charge in [0.05, 0.1) is 5.75 Å². The van der Waals surface area contributed by atoms with Crippen LogP contribution in [0.25, 0.3) is 15.5 Å². The first-order valence-corrected chi connectivity index (χ1v) is 9.86. The number of hydrogen-bond donors (Lipinski definition) is 0. The number of aryl methyl sites for hydroxylation is 1. The van der Waals surface area contributed by atoms with Gasteiger partial charge in [0.15, 0.2) is 10.8 Å². The third-order valence-corrected chi connectivity index (χ3v) is 5.66. The van der Waals surface area contributed by atoms with Crippen LogP contribution in [0.3, 0.4) is 0 Å². The van der Waals surface area contributed by atoms with Gasteiger partial charge in [0.2, 0.25) is 4.96 Å². The highest BCUT2D eigenvalue weighted by Crippen LogP contribution is 2.28. The lowest BCUT2D eigenvalue weighted by atomic mass is 10.2. The second-order valence-electron chi connectivity index (χ2n) is 5.49. The van der Waals surface area contributed by atoms with E-state index in [4.69, 9.17) is 0 Å². The molecule has 7 heteroatoms. The van der Waals surface area contributed by atoms with Crippen LogP contribution >= 0.6 is 23.1 Å². The Kier molecular flexibility index (Phi) is 4.76. The predicted octanol–water partition coefficient (Wildman–Crippen LogP) is 4.47. The molecular formula is C18H15FN4S2. The largest absolute Gasteiger partial charge is 0.235 e. The number of rotatable bonds is 6. The molecule has 25 heavy (non-hydrogen) atoms. The van der Waals surface area contributed by atoms with Crippen LogP contribution in [-0.2, 0) is 12.2 Å². The number of fused-ring (bicyclic) bond motifs is 1. The van der Waals surface area contributed by atoms with Crippen molar-refractivity contribution in [2.75, 3.05) is 5.75 Å². The van der Waals surface area contributed by atoms with Crippen molar-refractivity contribution in [3.63, 3.8) is 0 Å². The van der Waals surface area contributed by atoms with Crippen LogP contribution in [0.2, 0.25) is 0 Å². The van der Waals surface area contributed by atoms with Crippen LogP contribution < -0.4 is 0 Å². The molecule has 0 aliphatic carbocycles. The van der Waals surface area contributed by atoms with Gasteiger partial charge < -0.3 is 0 Å². The smallest absolute Gasteiger partial charge is 0.206 e. The van der Waals surface area contributed by atoms with Crippen molar-refractivity contribution in [2.24, 2.45) is 0 Å². The van der Waals surface area contributed by atoms with Crippen LogP contribution in [0, 0.1) is 5.82 Å². The highest BCUT2D eigenvalue weighted by atomic mass is 32.2. The van der Waals surface area contributed by atoms with E-state index in [1.165, 1.54) is 23.0 Å². The Balaban J connectivity index is 1.45. The number of nitrogens with zero attached hydrogens (tertiary/aromatic N) is 4. The van der Waals surface area contributed by atoms with E-state index in [0.29, 0.717) is 15.5 Å². The van der Waals surface area contributed by atoms with E-state index < -0.39 is 0 Å². The van der Waals surface area contributed by atoms with Crippen LogP contribution in [0.1, 0.15) is 11.4 Å². The van der Waals surface area contributed by atoms with Crippen molar-refractivity contribution < 1.29 is 4.39 Å². The first kappa shape index (κ1) is 16.2. The van der Waals surface area contributed by atoms with Gasteiger partial charge in [0.25, 0.3) is 0 Å². The molecule has 0 saturated heterocycles. The second kappa shape index (κ2) is 7.33. The normalized spacial score (nSPS) is 11.2. The highest BCUT2D eigenvalue weighted by molar-refractivity contribution is 7.98. The molecule has 2 heterocycles. The molecular weight excluding hydrogens is 355 g/mol. The average Bonchev–Trinajstić information content (AvgIpc) is 3.21. The number of halogens is 1. The molecule has 0 amide bonds. The summed E-state index contributed by atoms with van der Waals surface area (Å²) in [5.41, 5.74) is 1.83. The van der Waals surface area contributed by atoms with Crippen molar-refractivity contribution >= 4 is 28.1 Å². The topological polar surface area (TPSA) is 43.1 Å². The summed E-state index contributed by atoms with van der Waals surface area (Å²) >= 11 is 3.15. The Morgan fingerprint density at radius 2 is 1.80 bits per heavy atom. The number of hydrogen-bond acceptors (Lipinski definition) is 5. The van der Waals surface area contributed by atoms with E-state index in [1.807, 2.05) is 6.07 Å². The fraction of sp³-hybridized carbons (Fsp3) is 0.167. The Morgan fingerprint density at radius 1 is 1.00 bits per heavy atom. The molecule has 4 rings (SSSR count). The van der Waals surface area contributed by atoms with Gasteiger partial charge >= 0.3 is 0 Å². The van der Waals surface area contributed by atoms with Crippen LogP contribution in [0.4, 0.5) is 4.39 Å².